The molecule has 0 saturated carbocycles. The van der Waals surface area contributed by atoms with Crippen LogP contribution in [0.1, 0.15) is 16.1 Å². The van der Waals surface area contributed by atoms with Gasteiger partial charge in [-0.25, -0.2) is 4.98 Å². The fraction of sp³-hybridized carbons (Fsp3) is 0. The van der Waals surface area contributed by atoms with Crippen molar-refractivity contribution in [2.24, 2.45) is 0 Å². The Bertz CT molecular complexity index is 453. The predicted octanol–water partition coefficient (Wildman–Crippen LogP) is 2.06. The van der Waals surface area contributed by atoms with Gasteiger partial charge in [-0.1, -0.05) is 0 Å². The predicted molar refractivity (Wildman–Crippen MR) is 51.9 cm³/mol. The summed E-state index contributed by atoms with van der Waals surface area (Å²) in [5, 5.41) is 0. The number of furan rings is 1. The van der Waals surface area contributed by atoms with Gasteiger partial charge in [0.15, 0.2) is 4.67 Å². The molecular formula is C9H5BrN2O2. The van der Waals surface area contributed by atoms with Crippen molar-refractivity contribution < 1.29 is 9.21 Å². The third kappa shape index (κ3) is 1.72. The Labute approximate surface area is 88.1 Å². The number of carbonyl (C=O) groups excluding carboxylic acids is 1. The molecule has 70 valence electrons. The molecule has 0 aliphatic carbocycles. The van der Waals surface area contributed by atoms with Crippen molar-refractivity contribution in [3.8, 4) is 0 Å². The second-order valence-corrected chi connectivity index (χ2v) is 3.34. The van der Waals surface area contributed by atoms with Gasteiger partial charge in [-0.05, 0) is 15.9 Å². The van der Waals surface area contributed by atoms with E-state index >= 15 is 0 Å². The van der Waals surface area contributed by atoms with Crippen molar-refractivity contribution >= 4 is 21.7 Å². The van der Waals surface area contributed by atoms with Gasteiger partial charge in [0, 0.05) is 18.5 Å². The Hall–Kier alpha value is -1.49. The van der Waals surface area contributed by atoms with Gasteiger partial charge in [-0.2, -0.15) is 0 Å². The number of halogens is 1. The normalized spacial score (nSPS) is 10.1. The first kappa shape index (κ1) is 9.08. The maximum absolute atomic E-state index is 11.7. The molecule has 0 bridgehead atoms. The van der Waals surface area contributed by atoms with Crippen LogP contribution >= 0.6 is 15.9 Å². The number of rotatable bonds is 2. The van der Waals surface area contributed by atoms with Crippen LogP contribution in [0.4, 0.5) is 0 Å². The SMILES string of the molecule is O=C(c1coc(Br)c1)c1cnccn1. The van der Waals surface area contributed by atoms with Crippen molar-refractivity contribution in [1.29, 1.82) is 0 Å². The highest BCUT2D eigenvalue weighted by atomic mass is 79.9. The van der Waals surface area contributed by atoms with Crippen LogP contribution < -0.4 is 0 Å². The lowest BCUT2D eigenvalue weighted by molar-refractivity contribution is 0.103. The van der Waals surface area contributed by atoms with E-state index in [2.05, 4.69) is 25.9 Å². The number of carbonyl (C=O) groups is 1. The van der Waals surface area contributed by atoms with E-state index in [1.807, 2.05) is 0 Å². The number of hydrogen-bond donors (Lipinski definition) is 0. The number of aromatic nitrogens is 2. The topological polar surface area (TPSA) is 56.0 Å². The molecule has 0 radical (unpaired) electrons. The molecule has 0 spiro atoms. The summed E-state index contributed by atoms with van der Waals surface area (Å²) in [4.78, 5) is 19.4. The quantitative estimate of drug-likeness (QED) is 0.768. The summed E-state index contributed by atoms with van der Waals surface area (Å²) in [6, 6.07) is 1.59. The van der Waals surface area contributed by atoms with E-state index in [4.69, 9.17) is 4.42 Å². The third-order valence-electron chi connectivity index (χ3n) is 1.63. The first-order valence-corrected chi connectivity index (χ1v) is 4.61. The lowest BCUT2D eigenvalue weighted by Gasteiger charge is -1.93. The first-order chi connectivity index (χ1) is 6.77. The van der Waals surface area contributed by atoms with Crippen LogP contribution in [0.15, 0.2) is 40.0 Å². The highest BCUT2D eigenvalue weighted by molar-refractivity contribution is 9.10. The van der Waals surface area contributed by atoms with Crippen molar-refractivity contribution in [2.45, 2.75) is 0 Å². The fourth-order valence-corrected chi connectivity index (χ4v) is 1.33. The zero-order valence-electron chi connectivity index (χ0n) is 6.98. The van der Waals surface area contributed by atoms with Crippen LogP contribution in [0.2, 0.25) is 0 Å². The van der Waals surface area contributed by atoms with Crippen LogP contribution in [0.3, 0.4) is 0 Å². The van der Waals surface area contributed by atoms with E-state index in [0.29, 0.717) is 15.9 Å². The Kier molecular flexibility index (Phi) is 2.41. The van der Waals surface area contributed by atoms with E-state index in [-0.39, 0.29) is 5.78 Å². The molecule has 2 aromatic heterocycles. The van der Waals surface area contributed by atoms with Gasteiger partial charge in [0.25, 0.3) is 0 Å². The number of hydrogen-bond acceptors (Lipinski definition) is 4. The van der Waals surface area contributed by atoms with Gasteiger partial charge < -0.3 is 4.42 Å². The minimum absolute atomic E-state index is 0.201. The monoisotopic (exact) mass is 252 g/mol. The second kappa shape index (κ2) is 3.71. The van der Waals surface area contributed by atoms with Gasteiger partial charge >= 0.3 is 0 Å². The molecule has 14 heavy (non-hydrogen) atoms. The van der Waals surface area contributed by atoms with Crippen molar-refractivity contribution in [1.82, 2.24) is 9.97 Å². The molecule has 0 atom stereocenters. The minimum Gasteiger partial charge on any atom is -0.457 e. The van der Waals surface area contributed by atoms with Crippen LogP contribution in [0.25, 0.3) is 0 Å². The molecular weight excluding hydrogens is 248 g/mol. The highest BCUT2D eigenvalue weighted by Crippen LogP contribution is 2.16. The van der Waals surface area contributed by atoms with Crippen LogP contribution in [-0.4, -0.2) is 15.8 Å². The minimum atomic E-state index is -0.201. The summed E-state index contributed by atoms with van der Waals surface area (Å²) < 4.78 is 5.47. The third-order valence-corrected chi connectivity index (χ3v) is 2.04. The molecule has 0 aromatic carbocycles. The summed E-state index contributed by atoms with van der Waals surface area (Å²) in [6.45, 7) is 0. The van der Waals surface area contributed by atoms with Crippen molar-refractivity contribution in [2.75, 3.05) is 0 Å². The maximum Gasteiger partial charge on any atom is 0.216 e. The smallest absolute Gasteiger partial charge is 0.216 e. The molecule has 0 aliphatic heterocycles. The van der Waals surface area contributed by atoms with Gasteiger partial charge in [-0.15, -0.1) is 0 Å². The van der Waals surface area contributed by atoms with E-state index in [1.165, 1.54) is 24.9 Å². The maximum atomic E-state index is 11.7. The van der Waals surface area contributed by atoms with Crippen LogP contribution in [0, 0.1) is 0 Å². The zero-order chi connectivity index (χ0) is 9.97. The van der Waals surface area contributed by atoms with Gasteiger partial charge in [0.05, 0.1) is 11.8 Å². The Morgan fingerprint density at radius 2 is 2.29 bits per heavy atom. The van der Waals surface area contributed by atoms with Gasteiger partial charge in [0.1, 0.15) is 12.0 Å². The van der Waals surface area contributed by atoms with E-state index in [0.717, 1.165) is 0 Å². The van der Waals surface area contributed by atoms with E-state index < -0.39 is 0 Å². The molecule has 0 unspecified atom stereocenters. The molecule has 0 amide bonds. The summed E-state index contributed by atoms with van der Waals surface area (Å²) in [5.74, 6) is -0.201. The molecule has 2 heterocycles. The standard InChI is InChI=1S/C9H5BrN2O2/c10-8-3-6(5-14-8)9(13)7-4-11-1-2-12-7/h1-5H. The summed E-state index contributed by atoms with van der Waals surface area (Å²) >= 11 is 3.12. The average molecular weight is 253 g/mol. The first-order valence-electron chi connectivity index (χ1n) is 3.82. The lowest BCUT2D eigenvalue weighted by Crippen LogP contribution is -2.02. The number of ketones is 1. The molecule has 0 N–H and O–H groups in total. The molecule has 0 aliphatic rings. The van der Waals surface area contributed by atoms with Crippen LogP contribution in [0.5, 0.6) is 0 Å². The average Bonchev–Trinajstić information content (AvgIpc) is 2.65. The van der Waals surface area contributed by atoms with Crippen molar-refractivity contribution in [3.63, 3.8) is 0 Å². The fourth-order valence-electron chi connectivity index (χ4n) is 0.993. The Morgan fingerprint density at radius 1 is 1.43 bits per heavy atom. The Balaban J connectivity index is 2.34. The van der Waals surface area contributed by atoms with Crippen LogP contribution in [-0.2, 0) is 0 Å². The van der Waals surface area contributed by atoms with Crippen molar-refractivity contribution in [3.05, 3.63) is 46.8 Å². The molecule has 4 nitrogen and oxygen atoms in total. The largest absolute Gasteiger partial charge is 0.457 e. The molecule has 2 aromatic rings. The zero-order valence-corrected chi connectivity index (χ0v) is 8.56. The lowest BCUT2D eigenvalue weighted by atomic mass is 10.2. The summed E-state index contributed by atoms with van der Waals surface area (Å²) in [6.07, 6.45) is 5.79. The Morgan fingerprint density at radius 3 is 2.86 bits per heavy atom. The number of nitrogens with zero attached hydrogens (tertiary/aromatic N) is 2. The highest BCUT2D eigenvalue weighted by Gasteiger charge is 2.12. The van der Waals surface area contributed by atoms with Gasteiger partial charge in [-0.3, -0.25) is 9.78 Å². The molecule has 0 saturated heterocycles. The summed E-state index contributed by atoms with van der Waals surface area (Å²) in [7, 11) is 0. The van der Waals surface area contributed by atoms with E-state index in [9.17, 15) is 4.79 Å². The van der Waals surface area contributed by atoms with Gasteiger partial charge in [0.2, 0.25) is 5.78 Å². The van der Waals surface area contributed by atoms with E-state index in [1.54, 1.807) is 6.07 Å². The molecule has 5 heteroatoms. The summed E-state index contributed by atoms with van der Waals surface area (Å²) in [5.41, 5.74) is 0.762. The molecule has 0 fully saturated rings. The second-order valence-electron chi connectivity index (χ2n) is 2.56. The molecule has 2 rings (SSSR count).